The van der Waals surface area contributed by atoms with E-state index in [2.05, 4.69) is 22.1 Å². The van der Waals surface area contributed by atoms with Gasteiger partial charge < -0.3 is 0 Å². The molecule has 1 radical (unpaired) electrons. The van der Waals surface area contributed by atoms with E-state index in [4.69, 9.17) is 14.5 Å². The van der Waals surface area contributed by atoms with Crippen LogP contribution in [0.5, 0.6) is 11.5 Å². The summed E-state index contributed by atoms with van der Waals surface area (Å²) in [5.41, 5.74) is 1.11. The third-order valence-corrected chi connectivity index (χ3v) is 4.25. The summed E-state index contributed by atoms with van der Waals surface area (Å²) >= 11 is 3.12. The van der Waals surface area contributed by atoms with E-state index in [0.29, 0.717) is 6.04 Å². The van der Waals surface area contributed by atoms with E-state index in [1.54, 1.807) is 14.2 Å². The van der Waals surface area contributed by atoms with Crippen molar-refractivity contribution in [3.8, 4) is 11.5 Å². The third-order valence-electron chi connectivity index (χ3n) is 3.73. The average Bonchev–Trinajstić information content (AvgIpc) is 2.47. The van der Waals surface area contributed by atoms with E-state index < -0.39 is 0 Å². The molecule has 109 valence electrons. The monoisotopic (exact) mass is 340 g/mol. The summed E-state index contributed by atoms with van der Waals surface area (Å²) in [6.07, 6.45) is 7.20. The number of para-hydroxylation sites is 1. The second-order valence-corrected chi connectivity index (χ2v) is 6.13. The molecule has 0 aliphatic heterocycles. The first kappa shape index (κ1) is 15.4. The molecule has 1 saturated carbocycles. The predicted molar refractivity (Wildman–Crippen MR) is 83.3 cm³/mol. The summed E-state index contributed by atoms with van der Waals surface area (Å²) in [6, 6.07) is 6.47. The van der Waals surface area contributed by atoms with Gasteiger partial charge in [-0.05, 0) is 0 Å². The molecule has 0 atom stereocenters. The summed E-state index contributed by atoms with van der Waals surface area (Å²) in [4.78, 5) is 4.83. The van der Waals surface area contributed by atoms with Crippen molar-refractivity contribution >= 4 is 20.6 Å². The zero-order valence-corrected chi connectivity index (χ0v) is 13.9. The fourth-order valence-electron chi connectivity index (χ4n) is 2.72. The summed E-state index contributed by atoms with van der Waals surface area (Å²) in [6.45, 7) is 0. The van der Waals surface area contributed by atoms with E-state index in [9.17, 15) is 0 Å². The maximum atomic E-state index is 5.46. The van der Waals surface area contributed by atoms with Crippen LogP contribution < -0.4 is 9.47 Å². The van der Waals surface area contributed by atoms with Crippen LogP contribution in [0, 0.1) is 0 Å². The Kier molecular flexibility index (Phi) is 5.93. The minimum absolute atomic E-state index is 0.497. The fraction of sp³-hybridized carbons (Fsp3) is 0.562. The van der Waals surface area contributed by atoms with Gasteiger partial charge in [0.15, 0.2) is 0 Å². The van der Waals surface area contributed by atoms with Gasteiger partial charge in [0.1, 0.15) is 0 Å². The van der Waals surface area contributed by atoms with Crippen molar-refractivity contribution in [1.29, 1.82) is 0 Å². The van der Waals surface area contributed by atoms with Crippen molar-refractivity contribution in [1.82, 2.24) is 0 Å². The second-order valence-electron chi connectivity index (χ2n) is 5.14. The Morgan fingerprint density at radius 1 is 1.20 bits per heavy atom. The molecule has 0 spiro atoms. The topological polar surface area (TPSA) is 30.8 Å². The molecule has 2 rings (SSSR count). The number of ether oxygens (including phenoxy) is 2. The molecule has 0 heterocycles. The molecular weight excluding hydrogens is 317 g/mol. The van der Waals surface area contributed by atoms with Crippen LogP contribution in [0.2, 0.25) is 0 Å². The van der Waals surface area contributed by atoms with Gasteiger partial charge in [-0.2, -0.15) is 0 Å². The van der Waals surface area contributed by atoms with E-state index >= 15 is 0 Å². The quantitative estimate of drug-likeness (QED) is 0.609. The van der Waals surface area contributed by atoms with Crippen molar-refractivity contribution in [2.24, 2.45) is 4.99 Å². The summed E-state index contributed by atoms with van der Waals surface area (Å²) in [5.74, 6) is 1.58. The molecule has 0 amide bonds. The van der Waals surface area contributed by atoms with Crippen molar-refractivity contribution < 1.29 is 9.47 Å². The molecule has 20 heavy (non-hydrogen) atoms. The molecule has 0 unspecified atom stereocenters. The Morgan fingerprint density at radius 3 is 2.60 bits per heavy atom. The van der Waals surface area contributed by atoms with Crippen LogP contribution in [0.3, 0.4) is 0 Å². The number of hydrogen-bond acceptors (Lipinski definition) is 3. The molecule has 1 aliphatic rings. The molecule has 0 N–H and O–H groups in total. The Balaban J connectivity index is 2.10. The van der Waals surface area contributed by atoms with Crippen molar-refractivity contribution in [3.63, 3.8) is 0 Å². The van der Waals surface area contributed by atoms with Crippen LogP contribution in [0.4, 0.5) is 0 Å². The molecule has 0 saturated heterocycles. The Bertz CT molecular complexity index is 468. The summed E-state index contributed by atoms with van der Waals surface area (Å²) < 4.78 is 11.9. The first-order chi connectivity index (χ1) is 9.74. The number of rotatable bonds is 5. The van der Waals surface area contributed by atoms with Crippen LogP contribution in [-0.4, -0.2) is 40.9 Å². The third kappa shape index (κ3) is 4.00. The molecule has 1 fully saturated rings. The standard InChI is InChI=1S/C16H22NO2Se/c1-18-14-10-6-7-12(16(14)19-2)11-15(20)17-13-8-4-3-5-9-13/h6-7,10,13H,3-5,8-9,11H2,1-2H3. The predicted octanol–water partition coefficient (Wildman–Crippen LogP) is 3.15. The molecule has 0 bridgehead atoms. The summed E-state index contributed by atoms with van der Waals surface area (Å²) in [5, 5.41) is 0. The van der Waals surface area contributed by atoms with Crippen LogP contribution in [0.15, 0.2) is 23.2 Å². The van der Waals surface area contributed by atoms with E-state index in [1.165, 1.54) is 32.1 Å². The fourth-order valence-corrected chi connectivity index (χ4v) is 3.35. The number of aliphatic imine (C=N–C) groups is 1. The molecule has 1 aromatic rings. The number of methoxy groups -OCH3 is 2. The van der Waals surface area contributed by atoms with E-state index in [0.717, 1.165) is 28.1 Å². The van der Waals surface area contributed by atoms with Gasteiger partial charge in [-0.1, -0.05) is 0 Å². The number of benzene rings is 1. The van der Waals surface area contributed by atoms with Gasteiger partial charge in [-0.3, -0.25) is 0 Å². The van der Waals surface area contributed by atoms with Crippen molar-refractivity contribution in [2.45, 2.75) is 44.6 Å². The normalized spacial score (nSPS) is 17.0. The number of hydrogen-bond donors (Lipinski definition) is 0. The van der Waals surface area contributed by atoms with Crippen molar-refractivity contribution in [2.75, 3.05) is 14.2 Å². The molecule has 1 aliphatic carbocycles. The van der Waals surface area contributed by atoms with Gasteiger partial charge >= 0.3 is 129 Å². The Labute approximate surface area is 129 Å². The van der Waals surface area contributed by atoms with Gasteiger partial charge in [0.05, 0.1) is 0 Å². The van der Waals surface area contributed by atoms with Crippen LogP contribution in [0.1, 0.15) is 37.7 Å². The van der Waals surface area contributed by atoms with E-state index in [-0.39, 0.29) is 0 Å². The Morgan fingerprint density at radius 2 is 1.95 bits per heavy atom. The van der Waals surface area contributed by atoms with Crippen molar-refractivity contribution in [3.05, 3.63) is 23.8 Å². The van der Waals surface area contributed by atoms with E-state index in [1.807, 2.05) is 12.1 Å². The SMILES string of the molecule is COc1cccc(CC([Se])=NC2CCCCC2)c1OC. The first-order valence-electron chi connectivity index (χ1n) is 7.18. The molecule has 1 aromatic carbocycles. The van der Waals surface area contributed by atoms with Gasteiger partial charge in [-0.15, -0.1) is 0 Å². The van der Waals surface area contributed by atoms with Gasteiger partial charge in [0, 0.05) is 0 Å². The zero-order valence-electron chi connectivity index (χ0n) is 12.2. The first-order valence-corrected chi connectivity index (χ1v) is 8.03. The minimum atomic E-state index is 0.497. The maximum absolute atomic E-state index is 5.46. The van der Waals surface area contributed by atoms with Gasteiger partial charge in [0.2, 0.25) is 0 Å². The molecule has 0 aromatic heterocycles. The Hall–Kier alpha value is -0.991. The van der Waals surface area contributed by atoms with Crippen LogP contribution in [-0.2, 0) is 6.42 Å². The zero-order chi connectivity index (χ0) is 14.4. The van der Waals surface area contributed by atoms with Gasteiger partial charge in [-0.25, -0.2) is 0 Å². The number of nitrogens with zero attached hydrogens (tertiary/aromatic N) is 1. The van der Waals surface area contributed by atoms with Crippen LogP contribution in [0.25, 0.3) is 0 Å². The second kappa shape index (κ2) is 7.70. The van der Waals surface area contributed by atoms with Gasteiger partial charge in [0.25, 0.3) is 0 Å². The van der Waals surface area contributed by atoms with Crippen LogP contribution >= 0.6 is 0 Å². The molecular formula is C16H22NO2Se. The summed E-state index contributed by atoms with van der Waals surface area (Å²) in [7, 11) is 3.34. The molecule has 4 heteroatoms. The average molecular weight is 339 g/mol. The molecule has 3 nitrogen and oxygen atoms in total.